The van der Waals surface area contributed by atoms with Crippen molar-refractivity contribution in [3.63, 3.8) is 0 Å². The lowest BCUT2D eigenvalue weighted by Crippen LogP contribution is -1.89. The second kappa shape index (κ2) is 9.38. The Morgan fingerprint density at radius 3 is 1.55 bits per heavy atom. The maximum Gasteiger partial charge on any atom is 0.0384 e. The lowest BCUT2D eigenvalue weighted by Gasteiger charge is -2.07. The van der Waals surface area contributed by atoms with Crippen molar-refractivity contribution in [2.24, 2.45) is 0 Å². The molecule has 0 amide bonds. The summed E-state index contributed by atoms with van der Waals surface area (Å²) in [6.07, 6.45) is 6.44. The van der Waals surface area contributed by atoms with Crippen LogP contribution in [0.1, 0.15) is 16.7 Å². The van der Waals surface area contributed by atoms with Crippen LogP contribution in [0, 0.1) is 0 Å². The molecule has 29 heavy (non-hydrogen) atoms. The molecule has 0 aromatic heterocycles. The Morgan fingerprint density at radius 1 is 0.517 bits per heavy atom. The van der Waals surface area contributed by atoms with Crippen LogP contribution in [0.25, 0.3) is 11.6 Å². The van der Waals surface area contributed by atoms with E-state index in [1.807, 2.05) is 30.3 Å². The largest absolute Gasteiger partial charge is 0.356 e. The Labute approximate surface area is 172 Å². The molecule has 4 aromatic rings. The molecule has 0 saturated heterocycles. The van der Waals surface area contributed by atoms with Gasteiger partial charge in [-0.3, -0.25) is 0 Å². The van der Waals surface area contributed by atoms with Crippen LogP contribution in [-0.2, 0) is 0 Å². The maximum atomic E-state index is 3.41. The third-order valence-electron chi connectivity index (χ3n) is 4.69. The molecule has 0 aliphatic rings. The van der Waals surface area contributed by atoms with Crippen LogP contribution < -0.4 is 5.32 Å². The van der Waals surface area contributed by atoms with Crippen LogP contribution in [0.4, 0.5) is 11.4 Å². The van der Waals surface area contributed by atoms with Gasteiger partial charge in [-0.1, -0.05) is 109 Å². The molecular formula is C28H23N. The monoisotopic (exact) mass is 373 g/mol. The van der Waals surface area contributed by atoms with Crippen molar-refractivity contribution in [2.45, 2.75) is 0 Å². The molecule has 4 rings (SSSR count). The number of allylic oxidation sites excluding steroid dienone is 2. The molecule has 1 heteroatoms. The molecule has 140 valence electrons. The second-order valence-electron chi connectivity index (χ2n) is 6.78. The number of benzene rings is 4. The predicted molar refractivity (Wildman–Crippen MR) is 125 cm³/mol. The molecule has 0 aliphatic heterocycles. The Morgan fingerprint density at radius 2 is 1.00 bits per heavy atom. The summed E-state index contributed by atoms with van der Waals surface area (Å²) in [6, 6.07) is 39.7. The Bertz CT molecular complexity index is 1040. The van der Waals surface area contributed by atoms with Gasteiger partial charge in [0.05, 0.1) is 0 Å². The Balaban J connectivity index is 1.53. The van der Waals surface area contributed by atoms with Gasteiger partial charge in [0.15, 0.2) is 0 Å². The van der Waals surface area contributed by atoms with E-state index in [0.717, 1.165) is 11.4 Å². The molecule has 0 bridgehead atoms. The number of hydrogen-bond donors (Lipinski definition) is 1. The minimum absolute atomic E-state index is 1.08. The number of hydrogen-bond acceptors (Lipinski definition) is 1. The smallest absolute Gasteiger partial charge is 0.0384 e. The summed E-state index contributed by atoms with van der Waals surface area (Å²) in [5.41, 5.74) is 6.98. The highest BCUT2D eigenvalue weighted by Crippen LogP contribution is 2.23. The normalized spacial score (nSPS) is 10.6. The fourth-order valence-corrected chi connectivity index (χ4v) is 3.22. The van der Waals surface area contributed by atoms with Crippen molar-refractivity contribution in [3.8, 4) is 0 Å². The zero-order valence-electron chi connectivity index (χ0n) is 16.2. The predicted octanol–water partition coefficient (Wildman–Crippen LogP) is 7.58. The fourth-order valence-electron chi connectivity index (χ4n) is 3.22. The molecule has 4 aromatic carbocycles. The van der Waals surface area contributed by atoms with Crippen LogP contribution in [0.5, 0.6) is 0 Å². The van der Waals surface area contributed by atoms with Crippen LogP contribution >= 0.6 is 0 Å². The number of nitrogens with one attached hydrogen (secondary N) is 1. The first-order valence-corrected chi connectivity index (χ1v) is 9.80. The molecule has 0 spiro atoms. The fraction of sp³-hybridized carbons (Fsp3) is 0. The standard InChI is InChI=1S/C28H23N/c1-4-12-24(13-5-1)28(25-14-6-2-7-15-25)18-10-11-23-19-21-27(22-20-23)29-26-16-8-3-9-17-26/h1-22,29H/b11-10+. The number of rotatable bonds is 6. The van der Waals surface area contributed by atoms with Crippen LogP contribution in [0.3, 0.4) is 0 Å². The lowest BCUT2D eigenvalue weighted by molar-refractivity contribution is 1.54. The molecule has 0 radical (unpaired) electrons. The Hall–Kier alpha value is -3.84. The molecule has 1 N–H and O–H groups in total. The highest BCUT2D eigenvalue weighted by atomic mass is 14.9. The third kappa shape index (κ3) is 5.12. The van der Waals surface area contributed by atoms with Crippen LogP contribution in [0.2, 0.25) is 0 Å². The van der Waals surface area contributed by atoms with Crippen molar-refractivity contribution in [1.29, 1.82) is 0 Å². The summed E-state index contributed by atoms with van der Waals surface area (Å²) < 4.78 is 0. The van der Waals surface area contributed by atoms with Gasteiger partial charge in [-0.15, -0.1) is 0 Å². The van der Waals surface area contributed by atoms with E-state index in [1.54, 1.807) is 0 Å². The van der Waals surface area contributed by atoms with E-state index in [2.05, 4.69) is 108 Å². The minimum atomic E-state index is 1.08. The molecule has 0 fully saturated rings. The lowest BCUT2D eigenvalue weighted by atomic mass is 9.97. The van der Waals surface area contributed by atoms with Crippen molar-refractivity contribution in [2.75, 3.05) is 5.32 Å². The van der Waals surface area contributed by atoms with Gasteiger partial charge in [-0.05, 0) is 46.5 Å². The van der Waals surface area contributed by atoms with Gasteiger partial charge in [-0.25, -0.2) is 0 Å². The molecule has 0 unspecified atom stereocenters. The van der Waals surface area contributed by atoms with E-state index >= 15 is 0 Å². The minimum Gasteiger partial charge on any atom is -0.356 e. The van der Waals surface area contributed by atoms with Gasteiger partial charge in [0, 0.05) is 11.4 Å². The summed E-state index contributed by atoms with van der Waals surface area (Å²) in [5.74, 6) is 0. The first-order valence-electron chi connectivity index (χ1n) is 9.80. The third-order valence-corrected chi connectivity index (χ3v) is 4.69. The van der Waals surface area contributed by atoms with E-state index < -0.39 is 0 Å². The molecule has 0 aliphatic carbocycles. The van der Waals surface area contributed by atoms with Crippen molar-refractivity contribution >= 4 is 23.0 Å². The summed E-state index contributed by atoms with van der Waals surface area (Å²) in [7, 11) is 0. The average Bonchev–Trinajstić information content (AvgIpc) is 2.80. The van der Waals surface area contributed by atoms with E-state index in [4.69, 9.17) is 0 Å². The summed E-state index contributed by atoms with van der Waals surface area (Å²) in [4.78, 5) is 0. The first-order chi connectivity index (χ1) is 14.4. The zero-order chi connectivity index (χ0) is 19.7. The molecule has 0 heterocycles. The van der Waals surface area contributed by atoms with Crippen LogP contribution in [0.15, 0.2) is 127 Å². The Kier molecular flexibility index (Phi) is 5.99. The maximum absolute atomic E-state index is 3.41. The summed E-state index contributed by atoms with van der Waals surface area (Å²) >= 11 is 0. The quantitative estimate of drug-likeness (QED) is 0.344. The summed E-state index contributed by atoms with van der Waals surface area (Å²) in [6.45, 7) is 0. The van der Waals surface area contributed by atoms with E-state index in [1.165, 1.54) is 22.3 Å². The van der Waals surface area contributed by atoms with Gasteiger partial charge >= 0.3 is 0 Å². The van der Waals surface area contributed by atoms with E-state index in [9.17, 15) is 0 Å². The van der Waals surface area contributed by atoms with E-state index in [0.29, 0.717) is 0 Å². The topological polar surface area (TPSA) is 12.0 Å². The van der Waals surface area contributed by atoms with Crippen LogP contribution in [-0.4, -0.2) is 0 Å². The van der Waals surface area contributed by atoms with Gasteiger partial charge in [0.25, 0.3) is 0 Å². The molecule has 1 nitrogen and oxygen atoms in total. The van der Waals surface area contributed by atoms with Crippen molar-refractivity contribution in [3.05, 3.63) is 144 Å². The number of anilines is 2. The molecule has 0 atom stereocenters. The van der Waals surface area contributed by atoms with Crippen molar-refractivity contribution in [1.82, 2.24) is 0 Å². The van der Waals surface area contributed by atoms with Gasteiger partial charge in [-0.2, -0.15) is 0 Å². The van der Waals surface area contributed by atoms with Gasteiger partial charge in [0.2, 0.25) is 0 Å². The summed E-state index contributed by atoms with van der Waals surface area (Å²) in [5, 5.41) is 3.41. The number of para-hydroxylation sites is 1. The first kappa shape index (κ1) is 18.5. The highest BCUT2D eigenvalue weighted by Gasteiger charge is 2.02. The highest BCUT2D eigenvalue weighted by molar-refractivity contribution is 5.81. The van der Waals surface area contributed by atoms with Gasteiger partial charge in [0.1, 0.15) is 0 Å². The SMILES string of the molecule is C(/C=C/c1ccc(Nc2ccccc2)cc1)=C(c1ccccc1)c1ccccc1. The average molecular weight is 373 g/mol. The molecular weight excluding hydrogens is 350 g/mol. The van der Waals surface area contributed by atoms with E-state index in [-0.39, 0.29) is 0 Å². The molecule has 0 saturated carbocycles. The second-order valence-corrected chi connectivity index (χ2v) is 6.78. The zero-order valence-corrected chi connectivity index (χ0v) is 16.2. The van der Waals surface area contributed by atoms with Crippen molar-refractivity contribution < 1.29 is 0 Å². The van der Waals surface area contributed by atoms with Gasteiger partial charge < -0.3 is 5.32 Å².